The van der Waals surface area contributed by atoms with Crippen molar-refractivity contribution < 1.29 is 0 Å². The van der Waals surface area contributed by atoms with E-state index in [0.717, 1.165) is 22.5 Å². The Kier molecular flexibility index (Phi) is 3.17. The van der Waals surface area contributed by atoms with Crippen LogP contribution in [0.25, 0.3) is 20.8 Å². The molecule has 2 aromatic carbocycles. The number of fused-ring (bicyclic) bond motifs is 1. The lowest BCUT2D eigenvalue weighted by atomic mass is 10.2. The smallest absolute Gasteiger partial charge is 0.124 e. The quantitative estimate of drug-likeness (QED) is 0.690. The standard InChI is InChI=1S/C15H13ClN2S/c1-2-9-3-6-13-14(7-9)19-15(18-13)10-4-5-12(17)11(16)8-10/h3-8H,2,17H2,1H3. The van der Waals surface area contributed by atoms with E-state index in [1.807, 2.05) is 18.2 Å². The fraction of sp³-hybridized carbons (Fsp3) is 0.133. The van der Waals surface area contributed by atoms with Crippen LogP contribution in [0.4, 0.5) is 5.69 Å². The summed E-state index contributed by atoms with van der Waals surface area (Å²) in [5.41, 5.74) is 9.70. The van der Waals surface area contributed by atoms with Crippen molar-refractivity contribution in [1.29, 1.82) is 0 Å². The minimum Gasteiger partial charge on any atom is -0.398 e. The number of nitrogen functional groups attached to an aromatic ring is 1. The molecule has 0 saturated heterocycles. The highest BCUT2D eigenvalue weighted by molar-refractivity contribution is 7.21. The summed E-state index contributed by atoms with van der Waals surface area (Å²) >= 11 is 7.75. The molecular formula is C15H13ClN2S. The van der Waals surface area contributed by atoms with E-state index >= 15 is 0 Å². The van der Waals surface area contributed by atoms with E-state index in [9.17, 15) is 0 Å². The Bertz CT molecular complexity index is 749. The van der Waals surface area contributed by atoms with E-state index in [0.29, 0.717) is 10.7 Å². The summed E-state index contributed by atoms with van der Waals surface area (Å²) in [6, 6.07) is 12.1. The van der Waals surface area contributed by atoms with Crippen molar-refractivity contribution >= 4 is 38.8 Å². The molecule has 3 aromatic rings. The Morgan fingerprint density at radius 2 is 2.05 bits per heavy atom. The highest BCUT2D eigenvalue weighted by Gasteiger charge is 2.08. The number of thiazole rings is 1. The zero-order chi connectivity index (χ0) is 13.4. The van der Waals surface area contributed by atoms with Gasteiger partial charge in [0.1, 0.15) is 5.01 Å². The molecule has 0 unspecified atom stereocenters. The van der Waals surface area contributed by atoms with Gasteiger partial charge >= 0.3 is 0 Å². The Morgan fingerprint density at radius 1 is 1.21 bits per heavy atom. The SMILES string of the molecule is CCc1ccc2nc(-c3ccc(N)c(Cl)c3)sc2c1. The predicted octanol–water partition coefficient (Wildman–Crippen LogP) is 4.76. The molecule has 0 fully saturated rings. The van der Waals surface area contributed by atoms with Gasteiger partial charge in [0.25, 0.3) is 0 Å². The van der Waals surface area contributed by atoms with Crippen molar-refractivity contribution in [2.75, 3.05) is 5.73 Å². The summed E-state index contributed by atoms with van der Waals surface area (Å²) < 4.78 is 1.21. The van der Waals surface area contributed by atoms with Gasteiger partial charge in [-0.1, -0.05) is 24.6 Å². The van der Waals surface area contributed by atoms with Crippen LogP contribution >= 0.6 is 22.9 Å². The fourth-order valence-corrected chi connectivity index (χ4v) is 3.18. The van der Waals surface area contributed by atoms with E-state index < -0.39 is 0 Å². The number of aryl methyl sites for hydroxylation is 1. The zero-order valence-corrected chi connectivity index (χ0v) is 12.1. The van der Waals surface area contributed by atoms with Gasteiger partial charge in [0.15, 0.2) is 0 Å². The maximum Gasteiger partial charge on any atom is 0.124 e. The Hall–Kier alpha value is -1.58. The third-order valence-corrected chi connectivity index (χ3v) is 4.50. The largest absolute Gasteiger partial charge is 0.398 e. The van der Waals surface area contributed by atoms with Gasteiger partial charge in [0, 0.05) is 5.56 Å². The Balaban J connectivity index is 2.11. The first-order valence-corrected chi connectivity index (χ1v) is 7.31. The van der Waals surface area contributed by atoms with Crippen molar-refractivity contribution in [3.8, 4) is 10.6 Å². The lowest BCUT2D eigenvalue weighted by Gasteiger charge is -1.99. The van der Waals surface area contributed by atoms with Gasteiger partial charge in [0.05, 0.1) is 20.9 Å². The fourth-order valence-electron chi connectivity index (χ4n) is 1.97. The number of rotatable bonds is 2. The van der Waals surface area contributed by atoms with Crippen LogP contribution < -0.4 is 5.73 Å². The van der Waals surface area contributed by atoms with Crippen LogP contribution in [0.5, 0.6) is 0 Å². The number of benzene rings is 2. The molecule has 0 amide bonds. The number of hydrogen-bond donors (Lipinski definition) is 1. The molecule has 0 bridgehead atoms. The number of aromatic nitrogens is 1. The Morgan fingerprint density at radius 3 is 2.79 bits per heavy atom. The summed E-state index contributed by atoms with van der Waals surface area (Å²) in [4.78, 5) is 4.65. The lowest BCUT2D eigenvalue weighted by molar-refractivity contribution is 1.15. The Labute approximate surface area is 120 Å². The van der Waals surface area contributed by atoms with Gasteiger partial charge in [-0.15, -0.1) is 11.3 Å². The van der Waals surface area contributed by atoms with Crippen molar-refractivity contribution in [2.24, 2.45) is 0 Å². The first kappa shape index (κ1) is 12.5. The van der Waals surface area contributed by atoms with E-state index in [2.05, 4.69) is 30.1 Å². The van der Waals surface area contributed by atoms with Gasteiger partial charge in [0.2, 0.25) is 0 Å². The van der Waals surface area contributed by atoms with Crippen molar-refractivity contribution in [3.63, 3.8) is 0 Å². The van der Waals surface area contributed by atoms with E-state index in [1.165, 1.54) is 10.3 Å². The molecule has 0 saturated carbocycles. The summed E-state index contributed by atoms with van der Waals surface area (Å²) in [6.07, 6.45) is 1.04. The van der Waals surface area contributed by atoms with Crippen LogP contribution in [-0.4, -0.2) is 4.98 Å². The number of nitrogens with zero attached hydrogens (tertiary/aromatic N) is 1. The molecule has 1 heterocycles. The van der Waals surface area contributed by atoms with E-state index in [-0.39, 0.29) is 0 Å². The summed E-state index contributed by atoms with van der Waals surface area (Å²) in [7, 11) is 0. The van der Waals surface area contributed by atoms with Crippen LogP contribution in [0.15, 0.2) is 36.4 Å². The molecule has 3 rings (SSSR count). The molecule has 2 N–H and O–H groups in total. The maximum absolute atomic E-state index is 6.06. The normalized spacial score (nSPS) is 11.1. The first-order chi connectivity index (χ1) is 9.17. The van der Waals surface area contributed by atoms with Crippen molar-refractivity contribution in [3.05, 3.63) is 47.0 Å². The van der Waals surface area contributed by atoms with Gasteiger partial charge in [-0.05, 0) is 42.3 Å². The summed E-state index contributed by atoms with van der Waals surface area (Å²) in [6.45, 7) is 2.16. The van der Waals surface area contributed by atoms with Gasteiger partial charge in [-0.3, -0.25) is 0 Å². The van der Waals surface area contributed by atoms with Gasteiger partial charge < -0.3 is 5.73 Å². The van der Waals surface area contributed by atoms with Crippen LogP contribution in [0.2, 0.25) is 5.02 Å². The van der Waals surface area contributed by atoms with Crippen LogP contribution in [0, 0.1) is 0 Å². The minimum atomic E-state index is 0.575. The topological polar surface area (TPSA) is 38.9 Å². The molecule has 4 heteroatoms. The monoisotopic (exact) mass is 288 g/mol. The van der Waals surface area contributed by atoms with Crippen LogP contribution in [0.1, 0.15) is 12.5 Å². The number of halogens is 1. The maximum atomic E-state index is 6.06. The summed E-state index contributed by atoms with van der Waals surface area (Å²) in [5.74, 6) is 0. The van der Waals surface area contributed by atoms with Gasteiger partial charge in [-0.25, -0.2) is 4.98 Å². The van der Waals surface area contributed by atoms with Crippen molar-refractivity contribution in [2.45, 2.75) is 13.3 Å². The molecule has 0 aliphatic rings. The second kappa shape index (κ2) is 4.83. The molecular weight excluding hydrogens is 276 g/mol. The third kappa shape index (κ3) is 2.31. The van der Waals surface area contributed by atoms with Gasteiger partial charge in [-0.2, -0.15) is 0 Å². The van der Waals surface area contributed by atoms with Crippen LogP contribution in [-0.2, 0) is 6.42 Å². The second-order valence-electron chi connectivity index (χ2n) is 4.41. The number of nitrogens with two attached hydrogens (primary N) is 1. The van der Waals surface area contributed by atoms with E-state index in [4.69, 9.17) is 17.3 Å². The highest BCUT2D eigenvalue weighted by atomic mass is 35.5. The molecule has 96 valence electrons. The average Bonchev–Trinajstić information content (AvgIpc) is 2.84. The third-order valence-electron chi connectivity index (χ3n) is 3.11. The summed E-state index contributed by atoms with van der Waals surface area (Å²) in [5, 5.41) is 1.55. The molecule has 0 atom stereocenters. The molecule has 2 nitrogen and oxygen atoms in total. The lowest BCUT2D eigenvalue weighted by Crippen LogP contribution is -1.86. The zero-order valence-electron chi connectivity index (χ0n) is 10.5. The number of anilines is 1. The molecule has 1 aromatic heterocycles. The second-order valence-corrected chi connectivity index (χ2v) is 5.85. The molecule has 19 heavy (non-hydrogen) atoms. The molecule has 0 spiro atoms. The average molecular weight is 289 g/mol. The van der Waals surface area contributed by atoms with Crippen molar-refractivity contribution in [1.82, 2.24) is 4.98 Å². The first-order valence-electron chi connectivity index (χ1n) is 6.12. The molecule has 0 aliphatic carbocycles. The van der Waals surface area contributed by atoms with Crippen LogP contribution in [0.3, 0.4) is 0 Å². The number of hydrogen-bond acceptors (Lipinski definition) is 3. The molecule has 0 radical (unpaired) electrons. The minimum absolute atomic E-state index is 0.575. The highest BCUT2D eigenvalue weighted by Crippen LogP contribution is 2.33. The molecule has 0 aliphatic heterocycles. The van der Waals surface area contributed by atoms with E-state index in [1.54, 1.807) is 11.3 Å². The predicted molar refractivity (Wildman–Crippen MR) is 83.9 cm³/mol.